The molecule has 0 aliphatic heterocycles. The van der Waals surface area contributed by atoms with Gasteiger partial charge in [0.2, 0.25) is 0 Å². The summed E-state index contributed by atoms with van der Waals surface area (Å²) in [6.45, 7) is 4.68. The highest BCUT2D eigenvalue weighted by Gasteiger charge is 2.17. The number of rotatable bonds is 5. The first-order valence-corrected chi connectivity index (χ1v) is 8.54. The highest BCUT2D eigenvalue weighted by Crippen LogP contribution is 2.22. The first-order chi connectivity index (χ1) is 12.1. The minimum atomic E-state index is -0.322. The van der Waals surface area contributed by atoms with Crippen LogP contribution >= 0.6 is 11.6 Å². The minimum absolute atomic E-state index is 0.267. The maximum Gasteiger partial charge on any atom is 0.278 e. The molecule has 128 valence electrons. The van der Waals surface area contributed by atoms with Crippen LogP contribution in [0.4, 0.5) is 11.5 Å². The predicted octanol–water partition coefficient (Wildman–Crippen LogP) is 4.67. The topological polar surface area (TPSA) is 66.9 Å². The molecule has 0 aliphatic carbocycles. The summed E-state index contributed by atoms with van der Waals surface area (Å²) in [4.78, 5) is 21.8. The van der Waals surface area contributed by atoms with Crippen LogP contribution in [0, 0.1) is 6.92 Å². The van der Waals surface area contributed by atoms with Crippen LogP contribution < -0.4 is 10.6 Å². The van der Waals surface area contributed by atoms with Crippen LogP contribution in [0.15, 0.2) is 42.5 Å². The van der Waals surface area contributed by atoms with Crippen molar-refractivity contribution in [3.8, 4) is 0 Å². The Kier molecular flexibility index (Phi) is 5.14. The molecule has 0 spiro atoms. The first kappa shape index (κ1) is 17.2. The molecule has 2 aromatic carbocycles. The molecule has 2 N–H and O–H groups in total. The van der Waals surface area contributed by atoms with E-state index in [1.54, 1.807) is 6.07 Å². The van der Waals surface area contributed by atoms with Crippen molar-refractivity contribution >= 4 is 40.0 Å². The fourth-order valence-corrected chi connectivity index (χ4v) is 2.57. The summed E-state index contributed by atoms with van der Waals surface area (Å²) in [5, 5.41) is 6.63. The smallest absolute Gasteiger partial charge is 0.278 e. The Morgan fingerprint density at radius 2 is 1.84 bits per heavy atom. The summed E-state index contributed by atoms with van der Waals surface area (Å²) < 4.78 is 0. The quantitative estimate of drug-likeness (QED) is 0.699. The van der Waals surface area contributed by atoms with Crippen LogP contribution in [0.5, 0.6) is 0 Å². The standard InChI is InChI=1S/C19H19ClN4O/c1-3-10-21-18-17(23-15-6-4-5-7-16(15)24-18)19(25)22-13-9-8-12(2)14(20)11-13/h4-9,11H,3,10H2,1-2H3,(H,21,24)(H,22,25). The van der Waals surface area contributed by atoms with Gasteiger partial charge in [-0.25, -0.2) is 9.97 Å². The number of fused-ring (bicyclic) bond motifs is 1. The van der Waals surface area contributed by atoms with Crippen molar-refractivity contribution in [2.75, 3.05) is 17.2 Å². The van der Waals surface area contributed by atoms with Crippen molar-refractivity contribution in [3.05, 3.63) is 58.7 Å². The first-order valence-electron chi connectivity index (χ1n) is 8.16. The third-order valence-electron chi connectivity index (χ3n) is 3.76. The molecule has 0 fully saturated rings. The highest BCUT2D eigenvalue weighted by molar-refractivity contribution is 6.31. The molecule has 0 saturated carbocycles. The lowest BCUT2D eigenvalue weighted by Crippen LogP contribution is -2.18. The lowest BCUT2D eigenvalue weighted by molar-refractivity contribution is 0.102. The van der Waals surface area contributed by atoms with E-state index in [0.29, 0.717) is 28.6 Å². The number of benzene rings is 2. The molecule has 0 radical (unpaired) electrons. The largest absolute Gasteiger partial charge is 0.368 e. The number of aromatic nitrogens is 2. The molecule has 3 rings (SSSR count). The van der Waals surface area contributed by atoms with Gasteiger partial charge in [0.05, 0.1) is 11.0 Å². The Hall–Kier alpha value is -2.66. The van der Waals surface area contributed by atoms with Gasteiger partial charge < -0.3 is 10.6 Å². The third-order valence-corrected chi connectivity index (χ3v) is 4.16. The van der Waals surface area contributed by atoms with E-state index in [1.165, 1.54) is 0 Å². The molecule has 0 aliphatic rings. The summed E-state index contributed by atoms with van der Waals surface area (Å²) in [6, 6.07) is 12.9. The maximum absolute atomic E-state index is 12.7. The van der Waals surface area contributed by atoms with Crippen molar-refractivity contribution < 1.29 is 4.79 Å². The third kappa shape index (κ3) is 3.88. The molecular weight excluding hydrogens is 336 g/mol. The number of carbonyl (C=O) groups excluding carboxylic acids is 1. The van der Waals surface area contributed by atoms with E-state index in [2.05, 4.69) is 27.5 Å². The Morgan fingerprint density at radius 1 is 1.12 bits per heavy atom. The van der Waals surface area contributed by atoms with Crippen LogP contribution in [0.2, 0.25) is 5.02 Å². The predicted molar refractivity (Wildman–Crippen MR) is 102 cm³/mol. The molecule has 25 heavy (non-hydrogen) atoms. The van der Waals surface area contributed by atoms with E-state index in [-0.39, 0.29) is 11.6 Å². The van der Waals surface area contributed by atoms with E-state index < -0.39 is 0 Å². The normalized spacial score (nSPS) is 10.7. The summed E-state index contributed by atoms with van der Waals surface area (Å²) in [5.74, 6) is 0.160. The summed E-state index contributed by atoms with van der Waals surface area (Å²) in [6.07, 6.45) is 0.920. The van der Waals surface area contributed by atoms with E-state index in [9.17, 15) is 4.79 Å². The SMILES string of the molecule is CCCNc1nc2ccccc2nc1C(=O)Nc1ccc(C)c(Cl)c1. The average Bonchev–Trinajstić information content (AvgIpc) is 2.62. The van der Waals surface area contributed by atoms with Crippen LogP contribution in [0.25, 0.3) is 11.0 Å². The number of carbonyl (C=O) groups is 1. The van der Waals surface area contributed by atoms with Crippen molar-refractivity contribution in [2.24, 2.45) is 0 Å². The number of aryl methyl sites for hydroxylation is 1. The van der Waals surface area contributed by atoms with Crippen molar-refractivity contribution in [1.82, 2.24) is 9.97 Å². The Morgan fingerprint density at radius 3 is 2.52 bits per heavy atom. The zero-order valence-electron chi connectivity index (χ0n) is 14.1. The van der Waals surface area contributed by atoms with Gasteiger partial charge in [-0.2, -0.15) is 0 Å². The molecule has 0 atom stereocenters. The van der Waals surface area contributed by atoms with Gasteiger partial charge in [0, 0.05) is 17.3 Å². The van der Waals surface area contributed by atoms with Crippen LogP contribution in [-0.4, -0.2) is 22.4 Å². The summed E-state index contributed by atoms with van der Waals surface area (Å²) in [5.41, 5.74) is 3.27. The number of nitrogens with one attached hydrogen (secondary N) is 2. The number of para-hydroxylation sites is 2. The molecule has 3 aromatic rings. The van der Waals surface area contributed by atoms with Crippen molar-refractivity contribution in [2.45, 2.75) is 20.3 Å². The van der Waals surface area contributed by atoms with Crippen LogP contribution in [0.3, 0.4) is 0 Å². The van der Waals surface area contributed by atoms with Gasteiger partial charge >= 0.3 is 0 Å². The second kappa shape index (κ2) is 7.49. The fraction of sp³-hybridized carbons (Fsp3) is 0.211. The molecule has 1 aromatic heterocycles. The average molecular weight is 355 g/mol. The zero-order chi connectivity index (χ0) is 17.8. The number of hydrogen-bond acceptors (Lipinski definition) is 4. The Balaban J connectivity index is 1.96. The molecule has 1 amide bonds. The van der Waals surface area contributed by atoms with Gasteiger partial charge in [-0.3, -0.25) is 4.79 Å². The van der Waals surface area contributed by atoms with E-state index in [4.69, 9.17) is 11.6 Å². The second-order valence-corrected chi connectivity index (χ2v) is 6.16. The minimum Gasteiger partial charge on any atom is -0.368 e. The summed E-state index contributed by atoms with van der Waals surface area (Å²) in [7, 11) is 0. The lowest BCUT2D eigenvalue weighted by atomic mass is 10.2. The van der Waals surface area contributed by atoms with Crippen LogP contribution in [-0.2, 0) is 0 Å². The van der Waals surface area contributed by atoms with Gasteiger partial charge in [0.15, 0.2) is 11.5 Å². The van der Waals surface area contributed by atoms with Gasteiger partial charge in [-0.15, -0.1) is 0 Å². The highest BCUT2D eigenvalue weighted by atomic mass is 35.5. The molecule has 6 heteroatoms. The number of amides is 1. The van der Waals surface area contributed by atoms with Gasteiger partial charge in [0.1, 0.15) is 0 Å². The zero-order valence-corrected chi connectivity index (χ0v) is 14.9. The van der Waals surface area contributed by atoms with Gasteiger partial charge in [-0.1, -0.05) is 36.7 Å². The molecule has 0 unspecified atom stereocenters. The second-order valence-electron chi connectivity index (χ2n) is 5.75. The fourth-order valence-electron chi connectivity index (χ4n) is 2.39. The van der Waals surface area contributed by atoms with E-state index in [1.807, 2.05) is 43.3 Å². The van der Waals surface area contributed by atoms with Crippen LogP contribution in [0.1, 0.15) is 29.4 Å². The number of nitrogens with zero attached hydrogens (tertiary/aromatic N) is 2. The number of halogens is 1. The van der Waals surface area contributed by atoms with Crippen molar-refractivity contribution in [3.63, 3.8) is 0 Å². The maximum atomic E-state index is 12.7. The molecule has 0 bridgehead atoms. The molecular formula is C19H19ClN4O. The monoisotopic (exact) mass is 354 g/mol. The van der Waals surface area contributed by atoms with E-state index in [0.717, 1.165) is 17.5 Å². The van der Waals surface area contributed by atoms with Gasteiger partial charge in [-0.05, 0) is 43.2 Å². The Bertz CT molecular complexity index is 926. The van der Waals surface area contributed by atoms with Crippen molar-refractivity contribution in [1.29, 1.82) is 0 Å². The molecule has 0 saturated heterocycles. The molecule has 5 nitrogen and oxygen atoms in total. The summed E-state index contributed by atoms with van der Waals surface area (Å²) >= 11 is 6.13. The lowest BCUT2D eigenvalue weighted by Gasteiger charge is -2.12. The Labute approximate surface area is 151 Å². The van der Waals surface area contributed by atoms with E-state index >= 15 is 0 Å². The van der Waals surface area contributed by atoms with Gasteiger partial charge in [0.25, 0.3) is 5.91 Å². The molecule has 1 heterocycles. The number of anilines is 2. The number of hydrogen-bond donors (Lipinski definition) is 2.